The summed E-state index contributed by atoms with van der Waals surface area (Å²) in [6.07, 6.45) is 0. The first kappa shape index (κ1) is 101. The van der Waals surface area contributed by atoms with Crippen LogP contribution < -0.4 is 0 Å². The molecule has 20 rings (SSSR count). The molecule has 8 aromatic carbocycles. The fraction of sp³-hybridized carbons (Fsp3) is 0.400. The quantitative estimate of drug-likeness (QED) is 0.137. The Labute approximate surface area is 848 Å². The van der Waals surface area contributed by atoms with Crippen molar-refractivity contribution in [3.63, 3.8) is 0 Å². The van der Waals surface area contributed by atoms with Crippen LogP contribution in [0.1, 0.15) is 269 Å². The molecule has 744 valence electrons. The Bertz CT molecular complexity index is 8450. The fourth-order valence-electron chi connectivity index (χ4n) is 23.3. The second-order valence-corrected chi connectivity index (χ2v) is 42.0. The first-order valence-electron chi connectivity index (χ1n) is 50.5. The van der Waals surface area contributed by atoms with Crippen molar-refractivity contribution in [3.8, 4) is 46.5 Å². The lowest BCUT2D eigenvalue weighted by atomic mass is 9.94. The molecule has 0 N–H and O–H groups in total. The number of aromatic nitrogens is 24. The van der Waals surface area contributed by atoms with Crippen molar-refractivity contribution in [2.75, 3.05) is 0 Å². The Hall–Kier alpha value is -14.2. The summed E-state index contributed by atoms with van der Waals surface area (Å²) in [4.78, 5) is 30.0. The molecule has 0 atom stereocenters. The molecule has 0 aliphatic rings. The van der Waals surface area contributed by atoms with Crippen molar-refractivity contribution in [1.82, 2.24) is 118 Å². The van der Waals surface area contributed by atoms with E-state index in [4.69, 9.17) is 80.9 Å². The molecule has 12 heterocycles. The number of rotatable bonds is 8. The predicted molar refractivity (Wildman–Crippen MR) is 593 cm³/mol. The van der Waals surface area contributed by atoms with Crippen LogP contribution in [0.3, 0.4) is 0 Å². The van der Waals surface area contributed by atoms with Gasteiger partial charge in [-0.25, -0.2) is 62.7 Å². The van der Waals surface area contributed by atoms with Gasteiger partial charge in [0.2, 0.25) is 0 Å². The minimum Gasteiger partial charge on any atom is -0.229 e. The summed E-state index contributed by atoms with van der Waals surface area (Å²) in [5.74, 6) is 6.00. The van der Waals surface area contributed by atoms with E-state index in [1.54, 1.807) is 0 Å². The SMILES string of the molecule is Cc1c(-n2nc(C)c3c(C)c(C)c(C)c(C)c32)nnc(-n2nc(C)c3c(C)c(C)c(C)c(C)c32)c1C.Cc1nc(-n2nc(C)c3c(C)c(C)c(C)c(C)c32)c(C)c(-n2nc(C)c3c(C)c(C)c(C)c(C)c32)n1.Cc1nc(-n2nc(C)c3c(C)c(C)c(C)c(C)c32)c(C)nc1-n1nc(C)c2c(C)c(C)c(C)c(C)c21.Cc1nc(-n2nc(C)c3c(C)c(C)c(C)c(C)c32)nc(C)c1-n1nc(C)c2c(C)c(C)c(C)c(C)c21. The highest BCUT2D eigenvalue weighted by molar-refractivity contribution is 5.99. The van der Waals surface area contributed by atoms with Gasteiger partial charge in [0, 0.05) is 59.8 Å². The topological polar surface area (TPSA) is 246 Å². The van der Waals surface area contributed by atoms with E-state index < -0.39 is 0 Å². The number of benzene rings is 8. The van der Waals surface area contributed by atoms with Gasteiger partial charge in [0.15, 0.2) is 34.9 Å². The average molecular weight is 1920 g/mol. The predicted octanol–water partition coefficient (Wildman–Crippen LogP) is 27.4. The van der Waals surface area contributed by atoms with Crippen LogP contribution in [0.25, 0.3) is 134 Å². The second kappa shape index (κ2) is 36.0. The minimum absolute atomic E-state index is 0.603. The first-order chi connectivity index (χ1) is 67.5. The Morgan fingerprint density at radius 3 is 0.500 bits per heavy atom. The Morgan fingerprint density at radius 1 is 0.118 bits per heavy atom. The molecule has 20 aromatic rings. The summed E-state index contributed by atoms with van der Waals surface area (Å²) in [5.41, 5.74) is 65.7. The molecular formula is C120H144N24. The monoisotopic (exact) mass is 1920 g/mol. The van der Waals surface area contributed by atoms with Crippen LogP contribution >= 0.6 is 0 Å². The zero-order chi connectivity index (χ0) is 106. The Morgan fingerprint density at radius 2 is 0.285 bits per heavy atom. The molecule has 0 spiro atoms. The van der Waals surface area contributed by atoms with Gasteiger partial charge in [-0.15, -0.1) is 10.2 Å². The largest absolute Gasteiger partial charge is 0.251 e. The van der Waals surface area contributed by atoms with Crippen LogP contribution in [0, 0.1) is 332 Å². The third-order valence-corrected chi connectivity index (χ3v) is 34.5. The van der Waals surface area contributed by atoms with Crippen LogP contribution in [0.15, 0.2) is 0 Å². The summed E-state index contributed by atoms with van der Waals surface area (Å²) >= 11 is 0. The highest BCUT2D eigenvalue weighted by Gasteiger charge is 2.33. The van der Waals surface area contributed by atoms with E-state index in [0.29, 0.717) is 11.8 Å². The third-order valence-electron chi connectivity index (χ3n) is 34.5. The highest BCUT2D eigenvalue weighted by atomic mass is 15.4. The lowest BCUT2D eigenvalue weighted by molar-refractivity contribution is 0.766. The standard InChI is InChI=1S/4C30H36N6/c1-13-15(3)19(7)27-25(17(13)5)22(10)33-35(27)29-21(9)30(32-24(12)31-29)36-28-20(8)16(4)14(2)18(6)26(28)23(11)34-36;1-13-15(3)19(7)27-25(17(13)5)21(9)33-35(27)29-23(11)32-30(24(12)31-29)36-28-20(8)16(4)14(2)18(6)26(28)22(10)34-36;1-13-15(3)19(7)27-25(17(13)5)21(9)33-35(27)29-23(11)31-30(32-24(29)12)36-28-20(8)16(4)14(2)18(6)26(28)22(10)34-36;1-13-15(3)19(7)27-25(17(13)5)23(11)33-35(27)29-21(9)22(10)30(32-31-29)36-28-20(8)16(4)14(2)18(6)26(28)24(12)34-36/h4*1-12H3. The molecule has 0 aliphatic heterocycles. The lowest BCUT2D eigenvalue weighted by Gasteiger charge is -2.17. The maximum absolute atomic E-state index is 5.09. The second-order valence-electron chi connectivity index (χ2n) is 42.0. The van der Waals surface area contributed by atoms with Gasteiger partial charge in [0.25, 0.3) is 5.95 Å². The maximum Gasteiger partial charge on any atom is 0.251 e. The summed E-state index contributed by atoms with van der Waals surface area (Å²) in [6.45, 7) is 103. The molecule has 0 unspecified atom stereocenters. The first-order valence-corrected chi connectivity index (χ1v) is 50.5. The molecule has 24 heteroatoms. The molecular weight excluding hydrogens is 1780 g/mol. The van der Waals surface area contributed by atoms with Gasteiger partial charge < -0.3 is 0 Å². The van der Waals surface area contributed by atoms with Crippen molar-refractivity contribution in [1.29, 1.82) is 0 Å². The Balaban J connectivity index is 0.000000132. The molecule has 0 saturated carbocycles. The van der Waals surface area contributed by atoms with Crippen LogP contribution in [0.2, 0.25) is 0 Å². The van der Waals surface area contributed by atoms with Crippen molar-refractivity contribution in [2.24, 2.45) is 0 Å². The number of hydrogen-bond acceptors (Lipinski definition) is 16. The van der Waals surface area contributed by atoms with Crippen LogP contribution in [0.4, 0.5) is 0 Å². The minimum atomic E-state index is 0.603. The smallest absolute Gasteiger partial charge is 0.229 e. The van der Waals surface area contributed by atoms with E-state index in [2.05, 4.69) is 302 Å². The number of nitrogens with zero attached hydrogens (tertiary/aromatic N) is 24. The molecule has 12 aromatic heterocycles. The molecule has 24 nitrogen and oxygen atoms in total. The molecule has 0 amide bonds. The molecule has 0 bridgehead atoms. The molecule has 0 radical (unpaired) electrons. The summed E-state index contributed by atoms with van der Waals surface area (Å²) < 4.78 is 16.0. The van der Waals surface area contributed by atoms with Gasteiger partial charge in [-0.3, -0.25) is 0 Å². The normalized spacial score (nSPS) is 11.9. The number of fused-ring (bicyclic) bond motifs is 8. The van der Waals surface area contributed by atoms with E-state index in [1.165, 1.54) is 221 Å². The van der Waals surface area contributed by atoms with Gasteiger partial charge in [-0.05, 0) is 510 Å². The van der Waals surface area contributed by atoms with Crippen molar-refractivity contribution < 1.29 is 0 Å². The van der Waals surface area contributed by atoms with E-state index >= 15 is 0 Å². The number of hydrogen-bond donors (Lipinski definition) is 0. The molecule has 0 saturated heterocycles. The van der Waals surface area contributed by atoms with Crippen LogP contribution in [-0.4, -0.2) is 118 Å². The molecule has 144 heavy (non-hydrogen) atoms. The average Bonchev–Trinajstić information content (AvgIpc) is 1.57. The Kier molecular flexibility index (Phi) is 25.3. The van der Waals surface area contributed by atoms with Crippen molar-refractivity contribution >= 4 is 87.2 Å². The van der Waals surface area contributed by atoms with Gasteiger partial charge in [0.05, 0.1) is 112 Å². The zero-order valence-corrected chi connectivity index (χ0v) is 94.7. The van der Waals surface area contributed by atoms with E-state index in [1.807, 2.05) is 67.4 Å². The number of aryl methyl sites for hydroxylation is 29. The highest BCUT2D eigenvalue weighted by Crippen LogP contribution is 2.45. The summed E-state index contributed by atoms with van der Waals surface area (Å²) in [5, 5.41) is 59.1. The van der Waals surface area contributed by atoms with Gasteiger partial charge in [-0.1, -0.05) is 0 Å². The van der Waals surface area contributed by atoms with Gasteiger partial charge >= 0.3 is 0 Å². The van der Waals surface area contributed by atoms with Crippen LogP contribution in [0.5, 0.6) is 0 Å². The maximum atomic E-state index is 5.09. The van der Waals surface area contributed by atoms with E-state index in [0.717, 1.165) is 170 Å². The lowest BCUT2D eigenvalue weighted by Crippen LogP contribution is -2.13. The summed E-state index contributed by atoms with van der Waals surface area (Å²) in [7, 11) is 0. The molecule has 0 fully saturated rings. The molecule has 0 aliphatic carbocycles. The van der Waals surface area contributed by atoms with Gasteiger partial charge in [0.1, 0.15) is 11.5 Å². The van der Waals surface area contributed by atoms with Crippen molar-refractivity contribution in [3.05, 3.63) is 269 Å². The van der Waals surface area contributed by atoms with Gasteiger partial charge in [-0.2, -0.15) is 45.5 Å². The third kappa shape index (κ3) is 15.0. The van der Waals surface area contributed by atoms with Crippen molar-refractivity contribution in [2.45, 2.75) is 332 Å². The fourth-order valence-corrected chi connectivity index (χ4v) is 23.3. The van der Waals surface area contributed by atoms with E-state index in [9.17, 15) is 0 Å². The zero-order valence-electron chi connectivity index (χ0n) is 94.7. The van der Waals surface area contributed by atoms with E-state index in [-0.39, 0.29) is 0 Å². The summed E-state index contributed by atoms with van der Waals surface area (Å²) in [6, 6.07) is 0. The van der Waals surface area contributed by atoms with Crippen LogP contribution in [-0.2, 0) is 0 Å².